The Balaban J connectivity index is 3.06. The SMILES string of the molecule is C=CCCNS(=O)(=O)c1cc(Br)c(F)cc1N. The highest BCUT2D eigenvalue weighted by atomic mass is 79.9. The zero-order chi connectivity index (χ0) is 13.1. The minimum Gasteiger partial charge on any atom is -0.398 e. The highest BCUT2D eigenvalue weighted by molar-refractivity contribution is 9.10. The third-order valence-corrected chi connectivity index (χ3v) is 4.11. The van der Waals surface area contributed by atoms with E-state index in [0.717, 1.165) is 12.1 Å². The van der Waals surface area contributed by atoms with Gasteiger partial charge in [0.15, 0.2) is 0 Å². The Labute approximate surface area is 108 Å². The number of nitrogens with one attached hydrogen (secondary N) is 1. The lowest BCUT2D eigenvalue weighted by Crippen LogP contribution is -2.25. The van der Waals surface area contributed by atoms with Crippen LogP contribution in [-0.4, -0.2) is 15.0 Å². The lowest BCUT2D eigenvalue weighted by atomic mass is 10.3. The molecule has 0 atom stereocenters. The largest absolute Gasteiger partial charge is 0.398 e. The molecule has 17 heavy (non-hydrogen) atoms. The summed E-state index contributed by atoms with van der Waals surface area (Å²) in [6, 6.07) is 2.10. The van der Waals surface area contributed by atoms with Crippen LogP contribution >= 0.6 is 15.9 Å². The van der Waals surface area contributed by atoms with Crippen molar-refractivity contribution >= 4 is 31.6 Å². The second-order valence-corrected chi connectivity index (χ2v) is 5.87. The predicted molar refractivity (Wildman–Crippen MR) is 68.5 cm³/mol. The van der Waals surface area contributed by atoms with E-state index in [1.807, 2.05) is 0 Å². The standard InChI is InChI=1S/C10H12BrFN2O2S/c1-2-3-4-14-17(15,16)10-5-7(11)8(12)6-9(10)13/h2,5-6,14H,1,3-4,13H2. The number of nitrogens with two attached hydrogens (primary N) is 1. The first-order valence-electron chi connectivity index (χ1n) is 4.73. The molecule has 0 radical (unpaired) electrons. The molecular formula is C10H12BrFN2O2S. The molecule has 94 valence electrons. The molecule has 0 bridgehead atoms. The zero-order valence-corrected chi connectivity index (χ0v) is 11.3. The fourth-order valence-electron chi connectivity index (χ4n) is 1.15. The van der Waals surface area contributed by atoms with Crippen LogP contribution in [0.4, 0.5) is 10.1 Å². The second-order valence-electron chi connectivity index (χ2n) is 3.28. The first kappa shape index (κ1) is 14.1. The summed E-state index contributed by atoms with van der Waals surface area (Å²) in [7, 11) is -3.72. The van der Waals surface area contributed by atoms with Crippen molar-refractivity contribution < 1.29 is 12.8 Å². The van der Waals surface area contributed by atoms with Gasteiger partial charge in [0.25, 0.3) is 0 Å². The van der Waals surface area contributed by atoms with Gasteiger partial charge in [0.05, 0.1) is 10.2 Å². The fraction of sp³-hybridized carbons (Fsp3) is 0.200. The molecule has 0 aliphatic heterocycles. The van der Waals surface area contributed by atoms with Gasteiger partial charge in [-0.2, -0.15) is 0 Å². The Morgan fingerprint density at radius 3 is 2.76 bits per heavy atom. The van der Waals surface area contributed by atoms with Crippen molar-refractivity contribution in [2.45, 2.75) is 11.3 Å². The van der Waals surface area contributed by atoms with Gasteiger partial charge >= 0.3 is 0 Å². The van der Waals surface area contributed by atoms with Gasteiger partial charge in [0.1, 0.15) is 10.7 Å². The summed E-state index contributed by atoms with van der Waals surface area (Å²) in [5.74, 6) is -0.604. The molecule has 1 rings (SSSR count). The van der Waals surface area contributed by atoms with Gasteiger partial charge in [-0.3, -0.25) is 0 Å². The van der Waals surface area contributed by atoms with Crippen LogP contribution in [-0.2, 0) is 10.0 Å². The Hall–Kier alpha value is -0.920. The minimum atomic E-state index is -3.72. The average Bonchev–Trinajstić information content (AvgIpc) is 2.23. The molecule has 0 spiro atoms. The average molecular weight is 323 g/mol. The normalized spacial score (nSPS) is 11.4. The van der Waals surface area contributed by atoms with Crippen LogP contribution in [0, 0.1) is 5.82 Å². The van der Waals surface area contributed by atoms with Crippen LogP contribution in [0.2, 0.25) is 0 Å². The van der Waals surface area contributed by atoms with Gasteiger partial charge in [-0.1, -0.05) is 6.08 Å². The first-order valence-corrected chi connectivity index (χ1v) is 7.01. The number of sulfonamides is 1. The molecule has 0 amide bonds. The summed E-state index contributed by atoms with van der Waals surface area (Å²) in [5, 5.41) is 0. The van der Waals surface area contributed by atoms with E-state index >= 15 is 0 Å². The molecule has 0 unspecified atom stereocenters. The van der Waals surface area contributed by atoms with Gasteiger partial charge < -0.3 is 5.73 Å². The van der Waals surface area contributed by atoms with E-state index in [1.54, 1.807) is 6.08 Å². The van der Waals surface area contributed by atoms with Crippen LogP contribution in [0.15, 0.2) is 34.2 Å². The number of nitrogen functional groups attached to an aromatic ring is 1. The highest BCUT2D eigenvalue weighted by Crippen LogP contribution is 2.25. The van der Waals surface area contributed by atoms with Gasteiger partial charge in [-0.15, -0.1) is 6.58 Å². The third kappa shape index (κ3) is 3.52. The van der Waals surface area contributed by atoms with Gasteiger partial charge in [0.2, 0.25) is 10.0 Å². The van der Waals surface area contributed by atoms with Crippen molar-refractivity contribution in [2.75, 3.05) is 12.3 Å². The minimum absolute atomic E-state index is 0.0517. The first-order chi connectivity index (χ1) is 7.88. The smallest absolute Gasteiger partial charge is 0.242 e. The maximum Gasteiger partial charge on any atom is 0.242 e. The molecule has 0 heterocycles. The summed E-state index contributed by atoms with van der Waals surface area (Å²) < 4.78 is 39.1. The van der Waals surface area contributed by atoms with Gasteiger partial charge in [0, 0.05) is 6.54 Å². The molecule has 3 N–H and O–H groups in total. The van der Waals surface area contributed by atoms with E-state index in [1.165, 1.54) is 0 Å². The maximum atomic E-state index is 13.1. The van der Waals surface area contributed by atoms with E-state index in [0.29, 0.717) is 6.42 Å². The number of rotatable bonds is 5. The molecule has 7 heteroatoms. The quantitative estimate of drug-likeness (QED) is 0.495. The van der Waals surface area contributed by atoms with Crippen molar-refractivity contribution in [3.63, 3.8) is 0 Å². The lowest BCUT2D eigenvalue weighted by molar-refractivity contribution is 0.581. The van der Waals surface area contributed by atoms with E-state index < -0.39 is 15.8 Å². The number of halogens is 2. The number of hydrogen-bond acceptors (Lipinski definition) is 3. The van der Waals surface area contributed by atoms with Crippen LogP contribution in [0.1, 0.15) is 6.42 Å². The van der Waals surface area contributed by atoms with Crippen molar-refractivity contribution in [2.24, 2.45) is 0 Å². The number of benzene rings is 1. The molecule has 0 saturated carbocycles. The maximum absolute atomic E-state index is 13.1. The second kappa shape index (κ2) is 5.61. The number of anilines is 1. The summed E-state index contributed by atoms with van der Waals surface area (Å²) in [6.07, 6.45) is 2.09. The molecule has 1 aromatic carbocycles. The van der Waals surface area contributed by atoms with E-state index in [2.05, 4.69) is 27.2 Å². The summed E-state index contributed by atoms with van der Waals surface area (Å²) in [4.78, 5) is -0.144. The predicted octanol–water partition coefficient (Wildman–Crippen LogP) is 2.02. The lowest BCUT2D eigenvalue weighted by Gasteiger charge is -2.09. The Bertz CT molecular complexity index is 531. The van der Waals surface area contributed by atoms with Crippen molar-refractivity contribution in [3.05, 3.63) is 35.1 Å². The van der Waals surface area contributed by atoms with Crippen molar-refractivity contribution in [3.8, 4) is 0 Å². The third-order valence-electron chi connectivity index (χ3n) is 1.98. The van der Waals surface area contributed by atoms with Crippen molar-refractivity contribution in [1.82, 2.24) is 4.72 Å². The number of hydrogen-bond donors (Lipinski definition) is 2. The van der Waals surface area contributed by atoms with Crippen LogP contribution in [0.5, 0.6) is 0 Å². The Morgan fingerprint density at radius 1 is 1.53 bits per heavy atom. The molecule has 0 aliphatic carbocycles. The topological polar surface area (TPSA) is 72.2 Å². The molecule has 4 nitrogen and oxygen atoms in total. The van der Waals surface area contributed by atoms with E-state index in [-0.39, 0.29) is 21.6 Å². The van der Waals surface area contributed by atoms with Crippen LogP contribution in [0.25, 0.3) is 0 Å². The molecule has 0 aromatic heterocycles. The molecule has 0 aliphatic rings. The molecule has 0 fully saturated rings. The Kier molecular flexibility index (Phi) is 4.67. The van der Waals surface area contributed by atoms with E-state index in [9.17, 15) is 12.8 Å². The zero-order valence-electron chi connectivity index (χ0n) is 8.91. The van der Waals surface area contributed by atoms with Gasteiger partial charge in [-0.05, 0) is 34.5 Å². The van der Waals surface area contributed by atoms with Crippen molar-refractivity contribution in [1.29, 1.82) is 0 Å². The van der Waals surface area contributed by atoms with Gasteiger partial charge in [-0.25, -0.2) is 17.5 Å². The monoisotopic (exact) mass is 322 g/mol. The molecular weight excluding hydrogens is 311 g/mol. The fourth-order valence-corrected chi connectivity index (χ4v) is 2.83. The van der Waals surface area contributed by atoms with Crippen LogP contribution in [0.3, 0.4) is 0 Å². The summed E-state index contributed by atoms with van der Waals surface area (Å²) >= 11 is 2.92. The van der Waals surface area contributed by atoms with E-state index in [4.69, 9.17) is 5.73 Å². The molecule has 1 aromatic rings. The summed E-state index contributed by atoms with van der Waals surface area (Å²) in [5.41, 5.74) is 5.35. The molecule has 0 saturated heterocycles. The summed E-state index contributed by atoms with van der Waals surface area (Å²) in [6.45, 7) is 3.70. The van der Waals surface area contributed by atoms with Crippen LogP contribution < -0.4 is 10.5 Å². The highest BCUT2D eigenvalue weighted by Gasteiger charge is 2.18. The Morgan fingerprint density at radius 2 is 2.18 bits per heavy atom.